The lowest BCUT2D eigenvalue weighted by molar-refractivity contribution is 0.433. The third kappa shape index (κ3) is 3.08. The molecular formula is C11H20N2S. The van der Waals surface area contributed by atoms with E-state index in [1.54, 1.807) is 0 Å². The number of hydrogen-bond acceptors (Lipinski definition) is 3. The van der Waals surface area contributed by atoms with Gasteiger partial charge in [0.05, 0.1) is 0 Å². The Bertz CT molecular complexity index is 281. The van der Waals surface area contributed by atoms with Gasteiger partial charge in [-0.05, 0) is 39.8 Å². The standard InChI is InChI=1S/C11H20N2S/c1-7-5-6-11(14-7)10(4)13-9(3)8(2)12/h5-6,8-10,13H,12H2,1-4H3. The summed E-state index contributed by atoms with van der Waals surface area (Å²) in [4.78, 5) is 2.75. The second-order valence-electron chi connectivity index (χ2n) is 3.98. The normalized spacial score (nSPS) is 17.8. The fourth-order valence-electron chi connectivity index (χ4n) is 1.31. The van der Waals surface area contributed by atoms with Crippen LogP contribution in [0.25, 0.3) is 0 Å². The molecule has 0 radical (unpaired) electrons. The summed E-state index contributed by atoms with van der Waals surface area (Å²) in [5.41, 5.74) is 5.81. The van der Waals surface area contributed by atoms with Crippen molar-refractivity contribution in [3.8, 4) is 0 Å². The predicted molar refractivity (Wildman–Crippen MR) is 63.7 cm³/mol. The summed E-state index contributed by atoms with van der Waals surface area (Å²) >= 11 is 1.85. The fourth-order valence-corrected chi connectivity index (χ4v) is 2.20. The first kappa shape index (κ1) is 11.7. The van der Waals surface area contributed by atoms with E-state index in [-0.39, 0.29) is 6.04 Å². The van der Waals surface area contributed by atoms with Crippen LogP contribution in [-0.4, -0.2) is 12.1 Å². The van der Waals surface area contributed by atoms with E-state index in [2.05, 4.69) is 38.2 Å². The van der Waals surface area contributed by atoms with Crippen LogP contribution in [0.3, 0.4) is 0 Å². The number of thiophene rings is 1. The van der Waals surface area contributed by atoms with E-state index in [4.69, 9.17) is 5.73 Å². The highest BCUT2D eigenvalue weighted by Crippen LogP contribution is 2.22. The lowest BCUT2D eigenvalue weighted by Gasteiger charge is -2.21. The maximum atomic E-state index is 5.81. The molecule has 0 amide bonds. The third-order valence-electron chi connectivity index (χ3n) is 2.49. The van der Waals surface area contributed by atoms with Crippen molar-refractivity contribution in [1.29, 1.82) is 0 Å². The van der Waals surface area contributed by atoms with Gasteiger partial charge in [0.1, 0.15) is 0 Å². The minimum absolute atomic E-state index is 0.193. The van der Waals surface area contributed by atoms with Gasteiger partial charge in [0.25, 0.3) is 0 Å². The highest BCUT2D eigenvalue weighted by Gasteiger charge is 2.13. The lowest BCUT2D eigenvalue weighted by atomic mass is 10.1. The summed E-state index contributed by atoms with van der Waals surface area (Å²) in [6, 6.07) is 5.29. The first-order valence-corrected chi connectivity index (χ1v) is 5.90. The second-order valence-corrected chi connectivity index (χ2v) is 5.30. The predicted octanol–water partition coefficient (Wildman–Crippen LogP) is 2.44. The molecule has 1 aromatic heterocycles. The molecule has 0 fully saturated rings. The van der Waals surface area contributed by atoms with Gasteiger partial charge >= 0.3 is 0 Å². The van der Waals surface area contributed by atoms with Crippen molar-refractivity contribution in [1.82, 2.24) is 5.32 Å². The number of nitrogens with one attached hydrogen (secondary N) is 1. The third-order valence-corrected chi connectivity index (χ3v) is 3.67. The van der Waals surface area contributed by atoms with Gasteiger partial charge in [0.15, 0.2) is 0 Å². The fraction of sp³-hybridized carbons (Fsp3) is 0.636. The largest absolute Gasteiger partial charge is 0.327 e. The van der Waals surface area contributed by atoms with E-state index < -0.39 is 0 Å². The molecule has 3 unspecified atom stereocenters. The molecule has 2 nitrogen and oxygen atoms in total. The Kier molecular flexibility index (Phi) is 4.11. The quantitative estimate of drug-likeness (QED) is 0.804. The summed E-state index contributed by atoms with van der Waals surface area (Å²) in [6.07, 6.45) is 0. The van der Waals surface area contributed by atoms with Gasteiger partial charge in [0.2, 0.25) is 0 Å². The van der Waals surface area contributed by atoms with Gasteiger partial charge < -0.3 is 11.1 Å². The SMILES string of the molecule is Cc1ccc(C(C)NC(C)C(C)N)s1. The average Bonchev–Trinajstić information content (AvgIpc) is 2.51. The molecule has 1 heterocycles. The Morgan fingerprint density at radius 3 is 2.36 bits per heavy atom. The molecule has 3 heteroatoms. The van der Waals surface area contributed by atoms with Crippen molar-refractivity contribution in [3.05, 3.63) is 21.9 Å². The van der Waals surface area contributed by atoms with Crippen molar-refractivity contribution in [2.75, 3.05) is 0 Å². The van der Waals surface area contributed by atoms with Crippen molar-refractivity contribution in [3.63, 3.8) is 0 Å². The molecule has 80 valence electrons. The highest BCUT2D eigenvalue weighted by atomic mass is 32.1. The van der Waals surface area contributed by atoms with E-state index in [1.165, 1.54) is 9.75 Å². The summed E-state index contributed by atoms with van der Waals surface area (Å²) in [5.74, 6) is 0. The van der Waals surface area contributed by atoms with Crippen molar-refractivity contribution in [2.24, 2.45) is 5.73 Å². The summed E-state index contributed by atoms with van der Waals surface area (Å²) in [5, 5.41) is 3.49. The summed E-state index contributed by atoms with van der Waals surface area (Å²) in [6.45, 7) is 8.48. The average molecular weight is 212 g/mol. The van der Waals surface area contributed by atoms with Crippen LogP contribution >= 0.6 is 11.3 Å². The van der Waals surface area contributed by atoms with Gasteiger partial charge in [-0.15, -0.1) is 11.3 Å². The maximum Gasteiger partial charge on any atom is 0.0388 e. The molecule has 0 saturated heterocycles. The highest BCUT2D eigenvalue weighted by molar-refractivity contribution is 7.12. The first-order valence-electron chi connectivity index (χ1n) is 5.08. The van der Waals surface area contributed by atoms with E-state index in [1.807, 2.05) is 18.3 Å². The molecule has 0 aliphatic rings. The van der Waals surface area contributed by atoms with Crippen LogP contribution in [0.5, 0.6) is 0 Å². The number of rotatable bonds is 4. The van der Waals surface area contributed by atoms with Gasteiger partial charge in [-0.1, -0.05) is 0 Å². The molecule has 1 aromatic rings. The number of nitrogens with two attached hydrogens (primary N) is 1. The van der Waals surface area contributed by atoms with Crippen LogP contribution in [0.1, 0.15) is 36.6 Å². The molecule has 0 bridgehead atoms. The molecule has 0 saturated carbocycles. The van der Waals surface area contributed by atoms with E-state index in [9.17, 15) is 0 Å². The zero-order chi connectivity index (χ0) is 10.7. The van der Waals surface area contributed by atoms with Gasteiger partial charge in [-0.3, -0.25) is 0 Å². The number of aryl methyl sites for hydroxylation is 1. The second kappa shape index (κ2) is 4.91. The lowest BCUT2D eigenvalue weighted by Crippen LogP contribution is -2.41. The summed E-state index contributed by atoms with van der Waals surface area (Å²) < 4.78 is 0. The van der Waals surface area contributed by atoms with Crippen LogP contribution in [0.2, 0.25) is 0 Å². The van der Waals surface area contributed by atoms with E-state index in [0.29, 0.717) is 12.1 Å². The molecule has 0 aliphatic heterocycles. The van der Waals surface area contributed by atoms with Gasteiger partial charge in [-0.2, -0.15) is 0 Å². The first-order chi connectivity index (χ1) is 6.50. The Balaban J connectivity index is 2.54. The molecule has 0 aliphatic carbocycles. The maximum absolute atomic E-state index is 5.81. The van der Waals surface area contributed by atoms with E-state index in [0.717, 1.165) is 0 Å². The van der Waals surface area contributed by atoms with E-state index >= 15 is 0 Å². The van der Waals surface area contributed by atoms with Crippen LogP contribution in [0, 0.1) is 6.92 Å². The topological polar surface area (TPSA) is 38.0 Å². The summed E-state index contributed by atoms with van der Waals surface area (Å²) in [7, 11) is 0. The Labute approximate surface area is 90.5 Å². The Morgan fingerprint density at radius 2 is 1.93 bits per heavy atom. The smallest absolute Gasteiger partial charge is 0.0388 e. The van der Waals surface area contributed by atoms with Crippen LogP contribution < -0.4 is 11.1 Å². The zero-order valence-electron chi connectivity index (χ0n) is 9.37. The molecule has 14 heavy (non-hydrogen) atoms. The molecule has 3 atom stereocenters. The van der Waals surface area contributed by atoms with Gasteiger partial charge in [-0.25, -0.2) is 0 Å². The Hall–Kier alpha value is -0.380. The monoisotopic (exact) mass is 212 g/mol. The zero-order valence-corrected chi connectivity index (χ0v) is 10.2. The molecule has 0 aromatic carbocycles. The van der Waals surface area contributed by atoms with Crippen LogP contribution in [0.15, 0.2) is 12.1 Å². The Morgan fingerprint density at radius 1 is 1.29 bits per heavy atom. The van der Waals surface area contributed by atoms with Crippen LogP contribution in [-0.2, 0) is 0 Å². The van der Waals surface area contributed by atoms with Crippen molar-refractivity contribution < 1.29 is 0 Å². The molecule has 0 spiro atoms. The number of hydrogen-bond donors (Lipinski definition) is 2. The molecular weight excluding hydrogens is 192 g/mol. The minimum Gasteiger partial charge on any atom is -0.327 e. The minimum atomic E-state index is 0.193. The van der Waals surface area contributed by atoms with Gasteiger partial charge in [0, 0.05) is 27.9 Å². The molecule has 1 rings (SSSR count). The van der Waals surface area contributed by atoms with Crippen molar-refractivity contribution in [2.45, 2.75) is 45.8 Å². The van der Waals surface area contributed by atoms with Crippen molar-refractivity contribution >= 4 is 11.3 Å². The molecule has 3 N–H and O–H groups in total. The van der Waals surface area contributed by atoms with Crippen LogP contribution in [0.4, 0.5) is 0 Å².